The van der Waals surface area contributed by atoms with Crippen molar-refractivity contribution < 1.29 is 53.8 Å². The van der Waals surface area contributed by atoms with E-state index in [1.54, 1.807) is 60.7 Å². The molecule has 0 aliphatic rings. The van der Waals surface area contributed by atoms with Crippen molar-refractivity contribution in [1.82, 2.24) is 33.4 Å². The van der Waals surface area contributed by atoms with Crippen LogP contribution < -0.4 is 20.6 Å². The van der Waals surface area contributed by atoms with Crippen molar-refractivity contribution in [2.45, 2.75) is 33.4 Å². The first-order valence-electron chi connectivity index (χ1n) is 23.3. The van der Waals surface area contributed by atoms with Gasteiger partial charge in [0.15, 0.2) is 0 Å². The molecule has 0 bridgehead atoms. The normalized spacial score (nSPS) is 11.1. The Morgan fingerprint density at radius 2 is 1.13 bits per heavy atom. The second-order valence-corrected chi connectivity index (χ2v) is 17.4. The number of carbonyl (C=O) groups is 3. The minimum Gasteiger partial charge on any atom is -0.491 e. The van der Waals surface area contributed by atoms with Crippen molar-refractivity contribution in [2.24, 2.45) is 0 Å². The number of carbonyl (C=O) groups excluding carboxylic acids is 3. The molecule has 0 unspecified atom stereocenters. The fourth-order valence-corrected chi connectivity index (χ4v) is 8.04. The van der Waals surface area contributed by atoms with Gasteiger partial charge in [-0.15, -0.1) is 11.7 Å². The summed E-state index contributed by atoms with van der Waals surface area (Å²) in [5.41, 5.74) is 3.33. The van der Waals surface area contributed by atoms with Crippen LogP contribution in [0.5, 0.6) is 11.5 Å². The Balaban J connectivity index is 0.000000218. The third-order valence-electron chi connectivity index (χ3n) is 11.4. The maximum Gasteiger partial charge on any atom is 0.337 e. The number of hydrogen-bond acceptors (Lipinski definition) is 16. The molecular formula is C54H46F5N9O9S. The molecule has 0 aliphatic heterocycles. The molecule has 8 aromatic rings. The molecule has 0 aliphatic carbocycles. The van der Waals surface area contributed by atoms with Gasteiger partial charge in [-0.2, -0.15) is 14.8 Å². The van der Waals surface area contributed by atoms with Crippen LogP contribution in [0.2, 0.25) is 0 Å². The molecule has 0 radical (unpaired) electrons. The standard InChI is InChI=1S/C25H18F2N4O4.C25H18N4O5.C4H10F3NS/c1-34-25(33)17-4-2-3-15(9-17)19-10-16(23(26)27)5-6-22(19)35-8-7-31-14-30-21-13-29-18(12-28)11-20(21)24(31)32;1-33-25(32)18-4-2-3-17(10-18)20-9-16(14-30)5-6-23(20)34-8-7-29-15-28-22-13-27-19(12-26)11-21(22)24(29)31;1-3-8(4-2)9(5,6)7/h2-6,9-11,13-14,23H,7-8H2,1H3;2-6,9-11,13-15H,7-8H2,1H3;3-4H2,1-2H3. The van der Waals surface area contributed by atoms with Crippen LogP contribution in [-0.2, 0) is 22.6 Å². The first kappa shape index (κ1) is 57.9. The number of aromatic nitrogens is 6. The molecule has 0 fully saturated rings. The van der Waals surface area contributed by atoms with Crippen molar-refractivity contribution in [3.63, 3.8) is 0 Å². The van der Waals surface area contributed by atoms with Gasteiger partial charge in [-0.25, -0.2) is 38.3 Å². The van der Waals surface area contributed by atoms with Crippen LogP contribution in [0, 0.1) is 22.7 Å². The summed E-state index contributed by atoms with van der Waals surface area (Å²) in [7, 11) is 2.56. The van der Waals surface area contributed by atoms with Gasteiger partial charge >= 0.3 is 11.9 Å². The number of hydrogen-bond donors (Lipinski definition) is 0. The molecule has 0 saturated carbocycles. The van der Waals surface area contributed by atoms with Crippen molar-refractivity contribution in [2.75, 3.05) is 40.5 Å². The monoisotopic (exact) mass is 1090 g/mol. The SMILES string of the molecule is CCN(CC)S(F)(F)F.COC(=O)c1cccc(-c2cc(C(F)F)ccc2OCCn2cnc3cnc(C#N)cc3c2=O)c1.COC(=O)c1cccc(-c2cc(C=O)ccc2OCCn2cnc3cnc(C#N)cc3c2=O)c1. The third kappa shape index (κ3) is 14.5. The van der Waals surface area contributed by atoms with Crippen LogP contribution in [0.3, 0.4) is 0 Å². The van der Waals surface area contributed by atoms with Crippen molar-refractivity contribution >= 4 is 51.4 Å². The number of aldehydes is 1. The van der Waals surface area contributed by atoms with Gasteiger partial charge in [0.25, 0.3) is 28.9 Å². The van der Waals surface area contributed by atoms with Gasteiger partial charge in [0.1, 0.15) is 54.5 Å². The Bertz CT molecular complexity index is 3690. The van der Waals surface area contributed by atoms with Gasteiger partial charge in [-0.1, -0.05) is 38.1 Å². The molecule has 0 N–H and O–H groups in total. The van der Waals surface area contributed by atoms with Crippen LogP contribution in [0.1, 0.15) is 68.3 Å². The average Bonchev–Trinajstić information content (AvgIpc) is 3.48. The van der Waals surface area contributed by atoms with Crippen molar-refractivity contribution in [3.05, 3.63) is 176 Å². The number of ether oxygens (including phenoxy) is 4. The maximum atomic E-state index is 13.4. The third-order valence-corrected chi connectivity index (χ3v) is 12.5. The molecule has 4 aromatic heterocycles. The van der Waals surface area contributed by atoms with Crippen molar-refractivity contribution in [1.29, 1.82) is 10.5 Å². The topological polar surface area (TPSA) is 235 Å². The number of nitriles is 2. The predicted molar refractivity (Wildman–Crippen MR) is 279 cm³/mol. The van der Waals surface area contributed by atoms with Gasteiger partial charge in [-0.05, 0) is 83.9 Å². The highest BCUT2D eigenvalue weighted by Gasteiger charge is 2.28. The largest absolute Gasteiger partial charge is 0.491 e. The minimum absolute atomic E-state index is 0.0288. The zero-order valence-electron chi connectivity index (χ0n) is 41.9. The molecule has 0 saturated heterocycles. The zero-order chi connectivity index (χ0) is 56.5. The Morgan fingerprint density at radius 3 is 1.53 bits per heavy atom. The first-order chi connectivity index (χ1) is 37.5. The molecule has 78 heavy (non-hydrogen) atoms. The molecule has 0 spiro atoms. The lowest BCUT2D eigenvalue weighted by Gasteiger charge is -2.23. The fraction of sp³-hybridized carbons (Fsp3) is 0.204. The van der Waals surface area contributed by atoms with Crippen LogP contribution in [0.4, 0.5) is 20.4 Å². The number of fused-ring (bicyclic) bond motifs is 2. The summed E-state index contributed by atoms with van der Waals surface area (Å²) in [6, 6.07) is 28.7. The van der Waals surface area contributed by atoms with E-state index in [9.17, 15) is 44.4 Å². The molecule has 8 rings (SSSR count). The smallest absolute Gasteiger partial charge is 0.337 e. The molecule has 0 atom stereocenters. The summed E-state index contributed by atoms with van der Waals surface area (Å²) < 4.78 is 86.5. The Labute approximate surface area is 443 Å². The molecular weight excluding hydrogens is 1050 g/mol. The van der Waals surface area contributed by atoms with Crippen LogP contribution in [0.25, 0.3) is 44.1 Å². The van der Waals surface area contributed by atoms with E-state index < -0.39 is 29.7 Å². The quantitative estimate of drug-likeness (QED) is 0.0468. The van der Waals surface area contributed by atoms with E-state index in [0.717, 1.165) is 6.29 Å². The lowest BCUT2D eigenvalue weighted by molar-refractivity contribution is 0.0592. The van der Waals surface area contributed by atoms with Gasteiger partial charge in [-0.3, -0.25) is 23.5 Å². The predicted octanol–water partition coefficient (Wildman–Crippen LogP) is 9.84. The highest BCUT2D eigenvalue weighted by molar-refractivity contribution is 8.18. The number of benzene rings is 4. The van der Waals surface area contributed by atoms with E-state index >= 15 is 0 Å². The Hall–Kier alpha value is -9.39. The van der Waals surface area contributed by atoms with E-state index in [4.69, 9.17) is 29.5 Å². The lowest BCUT2D eigenvalue weighted by atomic mass is 10.00. The number of esters is 2. The summed E-state index contributed by atoms with van der Waals surface area (Å²) >= 11 is -4.93. The van der Waals surface area contributed by atoms with Crippen LogP contribution in [-0.4, -0.2) is 92.1 Å². The van der Waals surface area contributed by atoms with Gasteiger partial charge in [0.2, 0.25) is 0 Å². The van der Waals surface area contributed by atoms with Crippen LogP contribution >= 0.6 is 11.4 Å². The van der Waals surface area contributed by atoms with E-state index in [2.05, 4.69) is 19.9 Å². The highest BCUT2D eigenvalue weighted by Crippen LogP contribution is 2.56. The van der Waals surface area contributed by atoms with Crippen molar-refractivity contribution in [3.8, 4) is 45.9 Å². The average molecular weight is 1090 g/mol. The molecule has 4 heterocycles. The summed E-state index contributed by atoms with van der Waals surface area (Å²) in [4.78, 5) is 77.0. The van der Waals surface area contributed by atoms with E-state index in [-0.39, 0.29) is 78.4 Å². The van der Waals surface area contributed by atoms with Gasteiger partial charge in [0.05, 0.1) is 85.3 Å². The second kappa shape index (κ2) is 26.9. The summed E-state index contributed by atoms with van der Waals surface area (Å²) in [6.07, 6.45) is 3.53. The van der Waals surface area contributed by atoms with E-state index in [1.165, 1.54) is 98.6 Å². The summed E-state index contributed by atoms with van der Waals surface area (Å²) in [5, 5.41) is 18.6. The molecule has 402 valence electrons. The van der Waals surface area contributed by atoms with Gasteiger partial charge in [0, 0.05) is 35.3 Å². The number of rotatable bonds is 17. The number of alkyl halides is 2. The Kier molecular flexibility index (Phi) is 20.0. The maximum absolute atomic E-state index is 13.4. The highest BCUT2D eigenvalue weighted by atomic mass is 32.3. The fourth-order valence-electron chi connectivity index (χ4n) is 7.46. The van der Waals surface area contributed by atoms with Gasteiger partial charge < -0.3 is 18.9 Å². The number of pyridine rings is 2. The number of methoxy groups -OCH3 is 2. The molecule has 0 amide bonds. The Morgan fingerprint density at radius 1 is 0.667 bits per heavy atom. The lowest BCUT2D eigenvalue weighted by Crippen LogP contribution is -2.23. The summed E-state index contributed by atoms with van der Waals surface area (Å²) in [6.45, 7) is 3.61. The minimum atomic E-state index is -4.93. The zero-order valence-corrected chi connectivity index (χ0v) is 42.8. The van der Waals surface area contributed by atoms with E-state index in [1.807, 2.05) is 12.1 Å². The molecule has 18 nitrogen and oxygen atoms in total. The first-order valence-corrected chi connectivity index (χ1v) is 24.6. The molecule has 4 aromatic carbocycles. The molecule has 24 heteroatoms. The summed E-state index contributed by atoms with van der Waals surface area (Å²) in [5.74, 6) is -0.259. The van der Waals surface area contributed by atoms with Crippen LogP contribution in [0.15, 0.2) is 132 Å². The van der Waals surface area contributed by atoms with E-state index in [0.29, 0.717) is 65.6 Å². The number of halogens is 5. The number of nitrogens with zero attached hydrogens (tertiary/aromatic N) is 9. The second-order valence-electron chi connectivity index (χ2n) is 16.2.